The van der Waals surface area contributed by atoms with Crippen LogP contribution in [0.4, 0.5) is 0 Å². The van der Waals surface area contributed by atoms with E-state index in [1.807, 2.05) is 20.8 Å². The molecule has 3 heteroatoms. The molecule has 0 radical (unpaired) electrons. The molecule has 20 heavy (non-hydrogen) atoms. The maximum Gasteiger partial charge on any atom is 0.335 e. The number of carboxylic acids is 1. The summed E-state index contributed by atoms with van der Waals surface area (Å²) in [4.78, 5) is 11.3. The Morgan fingerprint density at radius 1 is 1.15 bits per heavy atom. The van der Waals surface area contributed by atoms with Gasteiger partial charge in [0.2, 0.25) is 0 Å². The largest absolute Gasteiger partial charge is 0.507 e. The van der Waals surface area contributed by atoms with Crippen LogP contribution >= 0.6 is 0 Å². The minimum absolute atomic E-state index is 0.265. The first-order valence-electron chi connectivity index (χ1n) is 7.41. The Morgan fingerprint density at radius 2 is 1.75 bits per heavy atom. The van der Waals surface area contributed by atoms with E-state index in [0.717, 1.165) is 36.8 Å². The molecular weight excluding hydrogens is 252 g/mol. The molecule has 1 aliphatic carbocycles. The first kappa shape index (κ1) is 14.9. The molecule has 0 saturated heterocycles. The third-order valence-corrected chi connectivity index (χ3v) is 4.24. The lowest BCUT2D eigenvalue weighted by atomic mass is 9.78. The van der Waals surface area contributed by atoms with Crippen molar-refractivity contribution in [3.05, 3.63) is 28.8 Å². The molecule has 0 unspecified atom stereocenters. The summed E-state index contributed by atoms with van der Waals surface area (Å²) in [5.41, 5.74) is 1.58. The van der Waals surface area contributed by atoms with E-state index in [2.05, 4.69) is 0 Å². The van der Waals surface area contributed by atoms with Gasteiger partial charge in [0.1, 0.15) is 5.75 Å². The minimum atomic E-state index is -0.924. The lowest BCUT2D eigenvalue weighted by molar-refractivity contribution is 0.0696. The Labute approximate surface area is 120 Å². The van der Waals surface area contributed by atoms with E-state index in [0.29, 0.717) is 11.7 Å². The third kappa shape index (κ3) is 2.97. The van der Waals surface area contributed by atoms with Crippen molar-refractivity contribution in [2.24, 2.45) is 0 Å². The first-order chi connectivity index (χ1) is 9.30. The third-order valence-electron chi connectivity index (χ3n) is 4.24. The van der Waals surface area contributed by atoms with Crippen molar-refractivity contribution in [1.29, 1.82) is 0 Å². The molecule has 110 valence electrons. The van der Waals surface area contributed by atoms with Gasteiger partial charge in [-0.1, -0.05) is 40.0 Å². The number of aromatic hydroxyl groups is 1. The molecule has 1 fully saturated rings. The first-order valence-corrected chi connectivity index (χ1v) is 7.41. The lowest BCUT2D eigenvalue weighted by Crippen LogP contribution is -2.15. The highest BCUT2D eigenvalue weighted by Crippen LogP contribution is 2.42. The summed E-state index contributed by atoms with van der Waals surface area (Å²) in [5, 5.41) is 19.9. The lowest BCUT2D eigenvalue weighted by Gasteiger charge is -2.27. The molecule has 0 aromatic heterocycles. The van der Waals surface area contributed by atoms with Crippen LogP contribution in [0.5, 0.6) is 5.75 Å². The van der Waals surface area contributed by atoms with Gasteiger partial charge >= 0.3 is 5.97 Å². The fraction of sp³-hybridized carbons (Fsp3) is 0.588. The molecule has 3 nitrogen and oxygen atoms in total. The standard InChI is InChI=1S/C17H24O3/c1-17(2,3)14-10-12(16(19)20)9-13(15(14)18)11-7-5-4-6-8-11/h9-11,18H,4-8H2,1-3H3,(H,19,20). The summed E-state index contributed by atoms with van der Waals surface area (Å²) in [6, 6.07) is 3.28. The number of carbonyl (C=O) groups is 1. The molecule has 0 atom stereocenters. The molecule has 0 aliphatic heterocycles. The van der Waals surface area contributed by atoms with Crippen LogP contribution in [0.2, 0.25) is 0 Å². The predicted octanol–water partition coefficient (Wildman–Crippen LogP) is 4.44. The van der Waals surface area contributed by atoms with E-state index in [-0.39, 0.29) is 11.0 Å². The zero-order chi connectivity index (χ0) is 14.9. The summed E-state index contributed by atoms with van der Waals surface area (Å²) in [5.74, 6) is -0.328. The van der Waals surface area contributed by atoms with Crippen LogP contribution in [0.3, 0.4) is 0 Å². The summed E-state index contributed by atoms with van der Waals surface area (Å²) in [6.45, 7) is 6.00. The predicted molar refractivity (Wildman–Crippen MR) is 79.6 cm³/mol. The van der Waals surface area contributed by atoms with Crippen molar-refractivity contribution in [2.45, 2.75) is 64.2 Å². The number of carboxylic acid groups (broad SMARTS) is 1. The molecule has 0 spiro atoms. The molecule has 1 aromatic rings. The van der Waals surface area contributed by atoms with E-state index in [4.69, 9.17) is 0 Å². The van der Waals surface area contributed by atoms with Crippen molar-refractivity contribution in [1.82, 2.24) is 0 Å². The van der Waals surface area contributed by atoms with Crippen LogP contribution in [0.1, 0.15) is 80.3 Å². The number of aromatic carboxylic acids is 1. The van der Waals surface area contributed by atoms with Crippen LogP contribution in [-0.4, -0.2) is 16.2 Å². The Hall–Kier alpha value is -1.51. The average Bonchev–Trinajstić information content (AvgIpc) is 2.38. The van der Waals surface area contributed by atoms with E-state index < -0.39 is 5.97 Å². The number of hydrogen-bond acceptors (Lipinski definition) is 2. The number of phenols is 1. The molecule has 2 rings (SSSR count). The van der Waals surface area contributed by atoms with Gasteiger partial charge in [0.05, 0.1) is 5.56 Å². The number of hydrogen-bond donors (Lipinski definition) is 2. The quantitative estimate of drug-likeness (QED) is 0.839. The van der Waals surface area contributed by atoms with Crippen molar-refractivity contribution >= 4 is 5.97 Å². The Kier molecular flexibility index (Phi) is 4.07. The van der Waals surface area contributed by atoms with Gasteiger partial charge in [-0.3, -0.25) is 0 Å². The zero-order valence-electron chi connectivity index (χ0n) is 12.6. The second-order valence-corrected chi connectivity index (χ2v) is 6.85. The Morgan fingerprint density at radius 3 is 2.25 bits per heavy atom. The Balaban J connectivity index is 2.54. The molecule has 1 aliphatic rings. The highest BCUT2D eigenvalue weighted by atomic mass is 16.4. The van der Waals surface area contributed by atoms with Crippen molar-refractivity contribution in [3.8, 4) is 5.75 Å². The van der Waals surface area contributed by atoms with E-state index >= 15 is 0 Å². The van der Waals surface area contributed by atoms with Gasteiger partial charge in [0, 0.05) is 5.56 Å². The molecule has 0 bridgehead atoms. The number of phenolic OH excluding ortho intramolecular Hbond substituents is 1. The summed E-state index contributed by atoms with van der Waals surface area (Å²) >= 11 is 0. The normalized spacial score (nSPS) is 17.1. The summed E-state index contributed by atoms with van der Waals surface area (Å²) < 4.78 is 0. The second-order valence-electron chi connectivity index (χ2n) is 6.85. The van der Waals surface area contributed by atoms with Gasteiger partial charge in [-0.15, -0.1) is 0 Å². The highest BCUT2D eigenvalue weighted by molar-refractivity contribution is 5.88. The number of benzene rings is 1. The Bertz CT molecular complexity index is 506. The van der Waals surface area contributed by atoms with Gasteiger partial charge in [0.25, 0.3) is 0 Å². The van der Waals surface area contributed by atoms with Crippen molar-refractivity contribution in [2.75, 3.05) is 0 Å². The minimum Gasteiger partial charge on any atom is -0.507 e. The average molecular weight is 276 g/mol. The van der Waals surface area contributed by atoms with Gasteiger partial charge in [0.15, 0.2) is 0 Å². The van der Waals surface area contributed by atoms with Crippen LogP contribution in [0.25, 0.3) is 0 Å². The second kappa shape index (κ2) is 5.47. The topological polar surface area (TPSA) is 57.5 Å². The van der Waals surface area contributed by atoms with Crippen LogP contribution < -0.4 is 0 Å². The fourth-order valence-corrected chi connectivity index (χ4v) is 3.08. The molecule has 0 heterocycles. The molecule has 1 saturated carbocycles. The van der Waals surface area contributed by atoms with Crippen molar-refractivity contribution < 1.29 is 15.0 Å². The van der Waals surface area contributed by atoms with Crippen LogP contribution in [0, 0.1) is 0 Å². The fourth-order valence-electron chi connectivity index (χ4n) is 3.08. The van der Waals surface area contributed by atoms with E-state index in [1.165, 1.54) is 6.42 Å². The van der Waals surface area contributed by atoms with Gasteiger partial charge in [-0.2, -0.15) is 0 Å². The van der Waals surface area contributed by atoms with Gasteiger partial charge < -0.3 is 10.2 Å². The van der Waals surface area contributed by atoms with Crippen LogP contribution in [0.15, 0.2) is 12.1 Å². The van der Waals surface area contributed by atoms with Crippen LogP contribution in [-0.2, 0) is 5.41 Å². The molecule has 1 aromatic carbocycles. The van der Waals surface area contributed by atoms with Crippen molar-refractivity contribution in [3.63, 3.8) is 0 Å². The highest BCUT2D eigenvalue weighted by Gasteiger charge is 2.27. The van der Waals surface area contributed by atoms with E-state index in [9.17, 15) is 15.0 Å². The zero-order valence-corrected chi connectivity index (χ0v) is 12.6. The monoisotopic (exact) mass is 276 g/mol. The van der Waals surface area contributed by atoms with Gasteiger partial charge in [-0.25, -0.2) is 4.79 Å². The van der Waals surface area contributed by atoms with Gasteiger partial charge in [-0.05, 0) is 41.9 Å². The van der Waals surface area contributed by atoms with E-state index in [1.54, 1.807) is 12.1 Å². The SMILES string of the molecule is CC(C)(C)c1cc(C(=O)O)cc(C2CCCCC2)c1O. The molecule has 2 N–H and O–H groups in total. The smallest absolute Gasteiger partial charge is 0.335 e. The summed E-state index contributed by atoms with van der Waals surface area (Å²) in [6.07, 6.45) is 5.64. The molecular formula is C17H24O3. The maximum absolute atomic E-state index is 11.3. The maximum atomic E-state index is 11.3. The number of rotatable bonds is 2. The molecule has 0 amide bonds. The summed E-state index contributed by atoms with van der Waals surface area (Å²) in [7, 11) is 0.